The molecule has 53 heavy (non-hydrogen) atoms. The fourth-order valence-corrected chi connectivity index (χ4v) is 8.75. The van der Waals surface area contributed by atoms with E-state index in [9.17, 15) is 24.3 Å². The lowest BCUT2D eigenvalue weighted by atomic mass is 9.73. The number of nitrogens with zero attached hydrogens (tertiary/aromatic N) is 2. The van der Waals surface area contributed by atoms with Crippen molar-refractivity contribution < 1.29 is 48.0 Å². The Morgan fingerprint density at radius 3 is 2.26 bits per heavy atom. The summed E-state index contributed by atoms with van der Waals surface area (Å²) in [5.41, 5.74) is -1.69. The molecule has 13 heteroatoms. The number of carbonyl (C=O) groups is 4. The second-order valence-corrected chi connectivity index (χ2v) is 16.0. The van der Waals surface area contributed by atoms with Gasteiger partial charge in [-0.3, -0.25) is 14.4 Å². The van der Waals surface area contributed by atoms with Gasteiger partial charge in [0.15, 0.2) is 17.7 Å². The van der Waals surface area contributed by atoms with Crippen LogP contribution in [-0.2, 0) is 38.1 Å². The van der Waals surface area contributed by atoms with E-state index in [1.165, 1.54) is 14.0 Å². The second-order valence-electron chi connectivity index (χ2n) is 16.0. The number of rotatable bonds is 10. The number of hydrogen-bond acceptors (Lipinski definition) is 12. The van der Waals surface area contributed by atoms with Crippen molar-refractivity contribution in [2.45, 2.75) is 135 Å². The monoisotopic (exact) mass is 745 g/mol. The Labute approximate surface area is 315 Å². The summed E-state index contributed by atoms with van der Waals surface area (Å²) in [7, 11) is 5.24. The summed E-state index contributed by atoms with van der Waals surface area (Å²) in [5.74, 6) is -4.88. The van der Waals surface area contributed by atoms with Crippen LogP contribution in [0.2, 0.25) is 0 Å². The first-order valence-electron chi connectivity index (χ1n) is 19.2. The summed E-state index contributed by atoms with van der Waals surface area (Å²) in [5, 5.41) is 14.8. The first-order chi connectivity index (χ1) is 24.9. The van der Waals surface area contributed by atoms with Crippen LogP contribution < -0.4 is 5.32 Å². The molecule has 0 bridgehead atoms. The predicted molar refractivity (Wildman–Crippen MR) is 199 cm³/mol. The molecule has 0 aromatic heterocycles. The van der Waals surface area contributed by atoms with E-state index in [0.717, 1.165) is 5.69 Å². The van der Waals surface area contributed by atoms with Gasteiger partial charge in [-0.1, -0.05) is 45.9 Å². The molecule has 0 unspecified atom stereocenters. The van der Waals surface area contributed by atoms with Crippen molar-refractivity contribution in [1.29, 1.82) is 0 Å². The molecule has 3 saturated heterocycles. The van der Waals surface area contributed by atoms with Gasteiger partial charge in [-0.05, 0) is 79.6 Å². The molecule has 1 amide bonds. The lowest BCUT2D eigenvalue weighted by molar-refractivity contribution is -0.295. The van der Waals surface area contributed by atoms with Crippen LogP contribution in [-0.4, -0.2) is 127 Å². The summed E-state index contributed by atoms with van der Waals surface area (Å²) in [6.07, 6.45) is -3.42. The van der Waals surface area contributed by atoms with Gasteiger partial charge < -0.3 is 43.9 Å². The van der Waals surface area contributed by atoms with Crippen LogP contribution in [0, 0.1) is 23.7 Å². The zero-order chi connectivity index (χ0) is 39.4. The fraction of sp³-hybridized carbons (Fsp3) is 0.750. The van der Waals surface area contributed by atoms with E-state index in [0.29, 0.717) is 25.9 Å². The van der Waals surface area contributed by atoms with Gasteiger partial charge in [0.25, 0.3) is 0 Å². The zero-order valence-electron chi connectivity index (χ0n) is 33.5. The lowest BCUT2D eigenvalue weighted by Crippen LogP contribution is -2.60. The number of para-hydroxylation sites is 1. The quantitative estimate of drug-likeness (QED) is 0.194. The molecule has 3 aliphatic rings. The van der Waals surface area contributed by atoms with Crippen LogP contribution in [0.25, 0.3) is 0 Å². The van der Waals surface area contributed by atoms with Crippen LogP contribution in [0.5, 0.6) is 0 Å². The number of nitrogens with one attached hydrogen (secondary N) is 1. The van der Waals surface area contributed by atoms with E-state index >= 15 is 0 Å². The number of Topliss-reactive ketones (excluding diaryl/α,β-unsaturated/α-hetero) is 2. The van der Waals surface area contributed by atoms with Gasteiger partial charge in [-0.15, -0.1) is 0 Å². The van der Waals surface area contributed by atoms with Crippen LogP contribution in [0.4, 0.5) is 10.5 Å². The second kappa shape index (κ2) is 17.6. The highest BCUT2D eigenvalue weighted by molar-refractivity contribution is 6.00. The molecule has 2 N–H and O–H groups in total. The van der Waals surface area contributed by atoms with Crippen molar-refractivity contribution in [2.75, 3.05) is 39.6 Å². The molecule has 4 rings (SSSR count). The maximum atomic E-state index is 14.6. The number of likely N-dealkylation sites (N-methyl/N-ethyl adjacent to an activating group) is 1. The zero-order valence-corrected chi connectivity index (χ0v) is 33.5. The van der Waals surface area contributed by atoms with Gasteiger partial charge in [0, 0.05) is 49.7 Å². The standard InChI is InChI=1S/C40H63N3O10/c1-12-30-40(8)34(43(38(48)53-40)20-16-19-41-28-17-14-13-15-18-28)25(4)31(44)23(2)22-39(7,49-11)35(26(5)32(45)27(6)36(47)51-30)52-37-33(46)29(42(9)10)21-24(3)50-37/h13-15,17-18,23-27,29-30,33-35,37,41,46H,12,16,19-22H2,1-11H3/t23-,24-,25+,26+,27-,29+,30-,33-,34-,35-,37+,39-,40-/m1/s1. The number of anilines is 1. The Kier molecular flexibility index (Phi) is 14.1. The number of hydrogen-bond donors (Lipinski definition) is 2. The molecule has 0 radical (unpaired) electrons. The maximum Gasteiger partial charge on any atom is 0.410 e. The Bertz CT molecular complexity index is 1430. The third-order valence-corrected chi connectivity index (χ3v) is 11.8. The van der Waals surface area contributed by atoms with E-state index in [2.05, 4.69) is 5.32 Å². The fourth-order valence-electron chi connectivity index (χ4n) is 8.75. The molecular formula is C40H63N3O10. The maximum absolute atomic E-state index is 14.6. The van der Waals surface area contributed by atoms with Crippen LogP contribution in [0.1, 0.15) is 81.1 Å². The number of ether oxygens (including phenoxy) is 5. The minimum atomic E-state index is -1.38. The number of methoxy groups -OCH3 is 1. The number of aliphatic hydroxyl groups is 1. The predicted octanol–water partition coefficient (Wildman–Crippen LogP) is 4.69. The third-order valence-electron chi connectivity index (χ3n) is 11.8. The largest absolute Gasteiger partial charge is 0.458 e. The highest BCUT2D eigenvalue weighted by Crippen LogP contribution is 2.43. The summed E-state index contributed by atoms with van der Waals surface area (Å²) in [4.78, 5) is 59.9. The number of benzene rings is 1. The van der Waals surface area contributed by atoms with E-state index in [1.54, 1.807) is 32.6 Å². The van der Waals surface area contributed by atoms with E-state index < -0.39 is 83.4 Å². The highest BCUT2D eigenvalue weighted by atomic mass is 16.7. The molecule has 298 valence electrons. The summed E-state index contributed by atoms with van der Waals surface area (Å²) >= 11 is 0. The molecule has 1 aromatic carbocycles. The van der Waals surface area contributed by atoms with Gasteiger partial charge in [0.2, 0.25) is 0 Å². The van der Waals surface area contributed by atoms with Crippen molar-refractivity contribution in [3.8, 4) is 0 Å². The van der Waals surface area contributed by atoms with Crippen LogP contribution >= 0.6 is 0 Å². The Morgan fingerprint density at radius 1 is 1.00 bits per heavy atom. The third kappa shape index (κ3) is 9.07. The summed E-state index contributed by atoms with van der Waals surface area (Å²) < 4.78 is 31.1. The summed E-state index contributed by atoms with van der Waals surface area (Å²) in [6.45, 7) is 14.8. The number of carbonyl (C=O) groups excluding carboxylic acids is 4. The Hall–Kier alpha value is -3.10. The van der Waals surface area contributed by atoms with Crippen molar-refractivity contribution in [3.63, 3.8) is 0 Å². The molecular weight excluding hydrogens is 682 g/mol. The molecule has 0 aliphatic carbocycles. The molecule has 13 atom stereocenters. The van der Waals surface area contributed by atoms with Crippen molar-refractivity contribution >= 4 is 29.3 Å². The number of ketones is 2. The molecule has 3 aliphatic heterocycles. The van der Waals surface area contributed by atoms with E-state index in [1.807, 2.05) is 70.1 Å². The molecule has 13 nitrogen and oxygen atoms in total. The average molecular weight is 746 g/mol. The van der Waals surface area contributed by atoms with Crippen molar-refractivity contribution in [3.05, 3.63) is 30.3 Å². The van der Waals surface area contributed by atoms with Gasteiger partial charge in [0.1, 0.15) is 23.9 Å². The minimum absolute atomic E-state index is 0.139. The highest BCUT2D eigenvalue weighted by Gasteiger charge is 2.60. The van der Waals surface area contributed by atoms with Crippen LogP contribution in [0.15, 0.2) is 30.3 Å². The molecule has 3 fully saturated rings. The molecule has 0 spiro atoms. The average Bonchev–Trinajstić information content (AvgIpc) is 3.39. The van der Waals surface area contributed by atoms with E-state index in [4.69, 9.17) is 23.7 Å². The minimum Gasteiger partial charge on any atom is -0.458 e. The van der Waals surface area contributed by atoms with E-state index in [-0.39, 0.29) is 30.8 Å². The number of amides is 1. The lowest BCUT2D eigenvalue weighted by Gasteiger charge is -2.47. The Morgan fingerprint density at radius 2 is 1.66 bits per heavy atom. The number of aliphatic hydroxyl groups excluding tert-OH is 1. The van der Waals surface area contributed by atoms with Gasteiger partial charge in [0.05, 0.1) is 23.9 Å². The smallest absolute Gasteiger partial charge is 0.410 e. The van der Waals surface area contributed by atoms with Crippen molar-refractivity contribution in [1.82, 2.24) is 9.80 Å². The normalized spacial score (nSPS) is 39.0. The molecule has 0 saturated carbocycles. The first kappa shape index (κ1) is 42.6. The van der Waals surface area contributed by atoms with Gasteiger partial charge >= 0.3 is 12.1 Å². The number of esters is 1. The number of fused-ring (bicyclic) bond motifs is 1. The molecule has 1 aromatic rings. The number of cyclic esters (lactones) is 1. The topological polar surface area (TPSA) is 153 Å². The summed E-state index contributed by atoms with van der Waals surface area (Å²) in [6, 6.07) is 8.69. The van der Waals surface area contributed by atoms with Gasteiger partial charge in [-0.2, -0.15) is 0 Å². The van der Waals surface area contributed by atoms with Crippen molar-refractivity contribution in [2.24, 2.45) is 23.7 Å². The van der Waals surface area contributed by atoms with Crippen LogP contribution in [0.3, 0.4) is 0 Å². The first-order valence-corrected chi connectivity index (χ1v) is 19.2. The Balaban J connectivity index is 1.71. The SMILES string of the molecule is CC[C@H]1OC(=O)[C@H](C)C(=O)[C@H](C)[C@@H](O[C@@H]2O[C@H](C)C[C@H](N(C)C)[C@H]2O)[C@](C)(OC)C[C@@H](C)C(=O)[C@H](C)[C@H]2N(CCCNc3ccccc3)C(=O)O[C@]12C. The molecule has 3 heterocycles. The van der Waals surface area contributed by atoms with Gasteiger partial charge in [-0.25, -0.2) is 4.79 Å².